The van der Waals surface area contributed by atoms with Gasteiger partial charge >= 0.3 is 0 Å². The van der Waals surface area contributed by atoms with Crippen LogP contribution in [-0.2, 0) is 6.54 Å². The lowest BCUT2D eigenvalue weighted by Crippen LogP contribution is -2.04. The molecule has 0 amide bonds. The van der Waals surface area contributed by atoms with Gasteiger partial charge < -0.3 is 0 Å². The number of hydrogen-bond donors (Lipinski definition) is 0. The minimum atomic E-state index is 0.642. The van der Waals surface area contributed by atoms with E-state index in [9.17, 15) is 0 Å². The Morgan fingerprint density at radius 2 is 1.96 bits per heavy atom. The number of hydrogen-bond acceptors (Lipinski definition) is 7. The first-order valence-electron chi connectivity index (χ1n) is 8.41. The van der Waals surface area contributed by atoms with Crippen LogP contribution in [0.5, 0.6) is 0 Å². The third-order valence-corrected chi connectivity index (χ3v) is 5.93. The van der Waals surface area contributed by atoms with Gasteiger partial charge in [-0.1, -0.05) is 12.2 Å². The standard InChI is InChI=1S/C19H18N6S2/c1-11(2)9-25-16(14-5-7-20-8-6-14)23-24-19(25)27-18-15-12(3)10-26-17(15)21-13(4)22-18/h5-8,10H,1,9H2,2-4H3. The predicted molar refractivity (Wildman–Crippen MR) is 109 cm³/mol. The zero-order valence-electron chi connectivity index (χ0n) is 15.3. The summed E-state index contributed by atoms with van der Waals surface area (Å²) >= 11 is 3.16. The predicted octanol–water partition coefficient (Wildman–Crippen LogP) is 4.69. The fourth-order valence-corrected chi connectivity index (χ4v) is 4.88. The van der Waals surface area contributed by atoms with Crippen molar-refractivity contribution in [1.29, 1.82) is 0 Å². The molecule has 0 saturated heterocycles. The second-order valence-corrected chi connectivity index (χ2v) is 8.18. The number of nitrogens with zero attached hydrogens (tertiary/aromatic N) is 6. The van der Waals surface area contributed by atoms with Crippen molar-refractivity contribution in [1.82, 2.24) is 29.7 Å². The smallest absolute Gasteiger partial charge is 0.198 e. The molecule has 8 heteroatoms. The first kappa shape index (κ1) is 17.8. The zero-order valence-corrected chi connectivity index (χ0v) is 16.9. The summed E-state index contributed by atoms with van der Waals surface area (Å²) < 4.78 is 2.08. The van der Waals surface area contributed by atoms with Gasteiger partial charge in [0.15, 0.2) is 11.0 Å². The molecule has 136 valence electrons. The molecule has 6 nitrogen and oxygen atoms in total. The van der Waals surface area contributed by atoms with Crippen molar-refractivity contribution in [3.05, 3.63) is 53.4 Å². The molecular formula is C19H18N6S2. The lowest BCUT2D eigenvalue weighted by molar-refractivity contribution is 0.705. The average molecular weight is 395 g/mol. The molecule has 27 heavy (non-hydrogen) atoms. The molecule has 0 fully saturated rings. The van der Waals surface area contributed by atoms with Crippen LogP contribution < -0.4 is 0 Å². The van der Waals surface area contributed by atoms with Gasteiger partial charge in [-0.05, 0) is 55.6 Å². The topological polar surface area (TPSA) is 69.4 Å². The van der Waals surface area contributed by atoms with Crippen LogP contribution in [0.1, 0.15) is 18.3 Å². The molecule has 0 radical (unpaired) electrons. The first-order valence-corrected chi connectivity index (χ1v) is 10.1. The van der Waals surface area contributed by atoms with Gasteiger partial charge in [0.25, 0.3) is 0 Å². The van der Waals surface area contributed by atoms with E-state index < -0.39 is 0 Å². The summed E-state index contributed by atoms with van der Waals surface area (Å²) in [5, 5.41) is 13.8. The number of fused-ring (bicyclic) bond motifs is 1. The minimum absolute atomic E-state index is 0.642. The van der Waals surface area contributed by atoms with Crippen molar-refractivity contribution in [3.63, 3.8) is 0 Å². The van der Waals surface area contributed by atoms with E-state index in [0.717, 1.165) is 43.2 Å². The van der Waals surface area contributed by atoms with Crippen molar-refractivity contribution in [2.45, 2.75) is 37.5 Å². The van der Waals surface area contributed by atoms with E-state index in [1.165, 1.54) is 17.3 Å². The van der Waals surface area contributed by atoms with Gasteiger partial charge in [0, 0.05) is 29.9 Å². The van der Waals surface area contributed by atoms with Gasteiger partial charge in [-0.2, -0.15) is 0 Å². The van der Waals surface area contributed by atoms with E-state index in [2.05, 4.69) is 48.6 Å². The lowest BCUT2D eigenvalue weighted by Gasteiger charge is -2.10. The van der Waals surface area contributed by atoms with Crippen molar-refractivity contribution < 1.29 is 0 Å². The summed E-state index contributed by atoms with van der Waals surface area (Å²) in [4.78, 5) is 14.3. The molecule has 0 saturated carbocycles. The summed E-state index contributed by atoms with van der Waals surface area (Å²) in [7, 11) is 0. The van der Waals surface area contributed by atoms with Crippen LogP contribution in [0.15, 0.2) is 52.2 Å². The maximum Gasteiger partial charge on any atom is 0.198 e. The molecule has 0 aromatic carbocycles. The quantitative estimate of drug-likeness (QED) is 0.361. The number of allylic oxidation sites excluding steroid dienone is 1. The summed E-state index contributed by atoms with van der Waals surface area (Å²) in [5.41, 5.74) is 3.18. The number of pyridine rings is 1. The molecule has 0 aliphatic heterocycles. The van der Waals surface area contributed by atoms with Crippen LogP contribution in [0.3, 0.4) is 0 Å². The highest BCUT2D eigenvalue weighted by Gasteiger charge is 2.19. The summed E-state index contributed by atoms with van der Waals surface area (Å²) in [6.07, 6.45) is 3.52. The highest BCUT2D eigenvalue weighted by Crippen LogP contribution is 2.36. The third-order valence-electron chi connectivity index (χ3n) is 3.97. The first-order chi connectivity index (χ1) is 13.0. The molecule has 0 atom stereocenters. The number of thiophene rings is 1. The molecule has 4 heterocycles. The van der Waals surface area contributed by atoms with Gasteiger partial charge in [0.1, 0.15) is 15.7 Å². The van der Waals surface area contributed by atoms with Crippen LogP contribution in [-0.4, -0.2) is 29.7 Å². The van der Waals surface area contributed by atoms with Crippen LogP contribution in [0.25, 0.3) is 21.6 Å². The van der Waals surface area contributed by atoms with Crippen molar-refractivity contribution in [2.75, 3.05) is 0 Å². The Morgan fingerprint density at radius 3 is 2.70 bits per heavy atom. The zero-order chi connectivity index (χ0) is 19.0. The second-order valence-electron chi connectivity index (χ2n) is 6.36. The Kier molecular flexibility index (Phi) is 4.75. The summed E-state index contributed by atoms with van der Waals surface area (Å²) in [6, 6.07) is 3.87. The molecule has 4 aromatic rings. The molecule has 0 bridgehead atoms. The van der Waals surface area contributed by atoms with Gasteiger partial charge in [-0.25, -0.2) is 9.97 Å². The molecule has 4 aromatic heterocycles. The monoisotopic (exact) mass is 394 g/mol. The summed E-state index contributed by atoms with van der Waals surface area (Å²) in [6.45, 7) is 10.7. The second kappa shape index (κ2) is 7.21. The van der Waals surface area contributed by atoms with Gasteiger partial charge in [-0.15, -0.1) is 21.5 Å². The van der Waals surface area contributed by atoms with E-state index in [1.807, 2.05) is 26.0 Å². The molecule has 0 aliphatic carbocycles. The van der Waals surface area contributed by atoms with Crippen LogP contribution >= 0.6 is 23.1 Å². The minimum Gasteiger partial charge on any atom is -0.298 e. The number of rotatable bonds is 5. The van der Waals surface area contributed by atoms with Crippen molar-refractivity contribution in [3.8, 4) is 11.4 Å². The normalized spacial score (nSPS) is 11.2. The van der Waals surface area contributed by atoms with Crippen LogP contribution in [0.2, 0.25) is 0 Å². The van der Waals surface area contributed by atoms with Crippen molar-refractivity contribution >= 4 is 33.3 Å². The van der Waals surface area contributed by atoms with E-state index in [1.54, 1.807) is 23.7 Å². The third kappa shape index (κ3) is 3.50. The van der Waals surface area contributed by atoms with Crippen LogP contribution in [0.4, 0.5) is 0 Å². The van der Waals surface area contributed by atoms with Crippen LogP contribution in [0, 0.1) is 13.8 Å². The fraction of sp³-hybridized carbons (Fsp3) is 0.211. The van der Waals surface area contributed by atoms with E-state index >= 15 is 0 Å². The Balaban J connectivity index is 1.82. The van der Waals surface area contributed by atoms with E-state index in [-0.39, 0.29) is 0 Å². The molecular weight excluding hydrogens is 376 g/mol. The molecule has 0 aliphatic rings. The van der Waals surface area contributed by atoms with Gasteiger partial charge in [0.2, 0.25) is 0 Å². The fourth-order valence-electron chi connectivity index (χ4n) is 2.80. The largest absolute Gasteiger partial charge is 0.298 e. The number of aryl methyl sites for hydroxylation is 2. The Hall–Kier alpha value is -2.58. The van der Waals surface area contributed by atoms with E-state index in [0.29, 0.717) is 6.54 Å². The molecule has 4 rings (SSSR count). The van der Waals surface area contributed by atoms with Gasteiger partial charge in [0.05, 0.1) is 0 Å². The molecule has 0 N–H and O–H groups in total. The number of aromatic nitrogens is 6. The molecule has 0 unspecified atom stereocenters. The van der Waals surface area contributed by atoms with E-state index in [4.69, 9.17) is 0 Å². The lowest BCUT2D eigenvalue weighted by atomic mass is 10.2. The highest BCUT2D eigenvalue weighted by molar-refractivity contribution is 7.99. The summed E-state index contributed by atoms with van der Waals surface area (Å²) in [5.74, 6) is 1.55. The van der Waals surface area contributed by atoms with Crippen molar-refractivity contribution in [2.24, 2.45) is 0 Å². The SMILES string of the molecule is C=C(C)Cn1c(Sc2nc(C)nc3scc(C)c23)nnc1-c1ccncc1. The maximum atomic E-state index is 4.68. The Bertz CT molecular complexity index is 1130. The maximum absolute atomic E-state index is 4.68. The molecule has 0 spiro atoms. The Labute approximate surface area is 165 Å². The Morgan fingerprint density at radius 1 is 1.19 bits per heavy atom. The average Bonchev–Trinajstić information content (AvgIpc) is 3.19. The van der Waals surface area contributed by atoms with Gasteiger partial charge in [-0.3, -0.25) is 9.55 Å². The highest BCUT2D eigenvalue weighted by atomic mass is 32.2.